The van der Waals surface area contributed by atoms with Crippen LogP contribution in [0.5, 0.6) is 0 Å². The van der Waals surface area contributed by atoms with Gasteiger partial charge in [-0.1, -0.05) is 31.4 Å². The van der Waals surface area contributed by atoms with Crippen molar-refractivity contribution in [3.05, 3.63) is 35.6 Å². The van der Waals surface area contributed by atoms with Crippen LogP contribution >= 0.6 is 0 Å². The molecular formula is C20H27FN2O2. The summed E-state index contributed by atoms with van der Waals surface area (Å²) in [5, 5.41) is 0. The average Bonchev–Trinajstić information content (AvgIpc) is 2.62. The van der Waals surface area contributed by atoms with Crippen molar-refractivity contribution in [2.45, 2.75) is 56.8 Å². The van der Waals surface area contributed by atoms with E-state index in [1.54, 1.807) is 12.1 Å². The molecule has 0 radical (unpaired) electrons. The van der Waals surface area contributed by atoms with Gasteiger partial charge in [0.1, 0.15) is 5.82 Å². The maximum Gasteiger partial charge on any atom is 0.233 e. The number of primary amides is 1. The zero-order valence-electron chi connectivity index (χ0n) is 14.7. The molecule has 3 rings (SSSR count). The number of halogens is 1. The Hall–Kier alpha value is -1.91. The number of carbonyl (C=O) groups excluding carboxylic acids is 2. The second kappa shape index (κ2) is 7.54. The molecule has 25 heavy (non-hydrogen) atoms. The van der Waals surface area contributed by atoms with Gasteiger partial charge in [0.25, 0.3) is 0 Å². The van der Waals surface area contributed by atoms with E-state index in [9.17, 15) is 14.0 Å². The summed E-state index contributed by atoms with van der Waals surface area (Å²) in [5.41, 5.74) is 5.72. The quantitative estimate of drug-likeness (QED) is 0.910. The number of amides is 2. The molecule has 0 aromatic heterocycles. The van der Waals surface area contributed by atoms with E-state index in [0.717, 1.165) is 50.5 Å². The highest BCUT2D eigenvalue weighted by molar-refractivity contribution is 5.88. The standard InChI is InChI=1S/C20H27FN2O2/c21-17-6-4-16(5-7-17)20(10-2-1-3-11-20)19(25)23-12-8-15(9-13-23)14-18(22)24/h4-7,15H,1-3,8-14H2,(H2,22,24). The van der Waals surface area contributed by atoms with Gasteiger partial charge in [0.2, 0.25) is 11.8 Å². The number of rotatable bonds is 4. The van der Waals surface area contributed by atoms with Crippen molar-refractivity contribution < 1.29 is 14.0 Å². The van der Waals surface area contributed by atoms with Crippen LogP contribution in [0.15, 0.2) is 24.3 Å². The van der Waals surface area contributed by atoms with E-state index in [0.29, 0.717) is 19.5 Å². The zero-order valence-corrected chi connectivity index (χ0v) is 14.7. The Bertz CT molecular complexity index is 615. The Labute approximate surface area is 148 Å². The van der Waals surface area contributed by atoms with E-state index in [2.05, 4.69) is 0 Å². The van der Waals surface area contributed by atoms with Crippen molar-refractivity contribution >= 4 is 11.8 Å². The number of benzene rings is 1. The minimum atomic E-state index is -0.511. The Kier molecular flexibility index (Phi) is 5.40. The van der Waals surface area contributed by atoms with E-state index in [-0.39, 0.29) is 23.5 Å². The van der Waals surface area contributed by atoms with E-state index in [1.165, 1.54) is 12.1 Å². The van der Waals surface area contributed by atoms with Crippen LogP contribution < -0.4 is 5.73 Å². The lowest BCUT2D eigenvalue weighted by atomic mass is 9.68. The van der Waals surface area contributed by atoms with E-state index < -0.39 is 5.41 Å². The molecule has 0 bridgehead atoms. The van der Waals surface area contributed by atoms with Gasteiger partial charge < -0.3 is 10.6 Å². The molecule has 1 aliphatic heterocycles. The molecule has 1 saturated heterocycles. The molecule has 1 aromatic rings. The SMILES string of the molecule is NC(=O)CC1CCN(C(=O)C2(c3ccc(F)cc3)CCCCC2)CC1. The van der Waals surface area contributed by atoms with Gasteiger partial charge in [-0.2, -0.15) is 0 Å². The second-order valence-corrected chi connectivity index (χ2v) is 7.56. The second-order valence-electron chi connectivity index (χ2n) is 7.56. The summed E-state index contributed by atoms with van der Waals surface area (Å²) in [7, 11) is 0. The Morgan fingerprint density at radius 1 is 1.08 bits per heavy atom. The predicted octanol–water partition coefficient (Wildman–Crippen LogP) is 3.14. The smallest absolute Gasteiger partial charge is 0.233 e. The van der Waals surface area contributed by atoms with E-state index in [1.807, 2.05) is 4.90 Å². The largest absolute Gasteiger partial charge is 0.370 e. The van der Waals surface area contributed by atoms with Crippen molar-refractivity contribution in [3.63, 3.8) is 0 Å². The van der Waals surface area contributed by atoms with Gasteiger partial charge in [-0.05, 0) is 49.3 Å². The summed E-state index contributed by atoms with van der Waals surface area (Å²) < 4.78 is 13.3. The van der Waals surface area contributed by atoms with Crippen LogP contribution in [0.3, 0.4) is 0 Å². The van der Waals surface area contributed by atoms with E-state index in [4.69, 9.17) is 5.73 Å². The summed E-state index contributed by atoms with van der Waals surface area (Å²) in [6.45, 7) is 1.36. The third kappa shape index (κ3) is 3.86. The van der Waals surface area contributed by atoms with Crippen LogP contribution in [-0.2, 0) is 15.0 Å². The van der Waals surface area contributed by atoms with Crippen LogP contribution in [-0.4, -0.2) is 29.8 Å². The summed E-state index contributed by atoms with van der Waals surface area (Å²) in [4.78, 5) is 26.5. The van der Waals surface area contributed by atoms with Gasteiger partial charge in [0, 0.05) is 19.5 Å². The first kappa shape index (κ1) is 17.9. The summed E-state index contributed by atoms with van der Waals surface area (Å²) in [6.07, 6.45) is 6.93. The third-order valence-electron chi connectivity index (χ3n) is 5.90. The minimum absolute atomic E-state index is 0.177. The number of likely N-dealkylation sites (tertiary alicyclic amines) is 1. The lowest BCUT2D eigenvalue weighted by Gasteiger charge is -2.42. The third-order valence-corrected chi connectivity index (χ3v) is 5.90. The topological polar surface area (TPSA) is 63.4 Å². The number of nitrogens with two attached hydrogens (primary N) is 1. The normalized spacial score (nSPS) is 21.1. The molecule has 2 aliphatic rings. The Morgan fingerprint density at radius 3 is 2.24 bits per heavy atom. The van der Waals surface area contributed by atoms with Gasteiger partial charge in [-0.15, -0.1) is 0 Å². The molecular weight excluding hydrogens is 319 g/mol. The fraction of sp³-hybridized carbons (Fsp3) is 0.600. The highest BCUT2D eigenvalue weighted by Gasteiger charge is 2.44. The lowest BCUT2D eigenvalue weighted by molar-refractivity contribution is -0.140. The average molecular weight is 346 g/mol. The number of hydrogen-bond donors (Lipinski definition) is 1. The van der Waals surface area contributed by atoms with Crippen molar-refractivity contribution in [2.24, 2.45) is 11.7 Å². The van der Waals surface area contributed by atoms with Gasteiger partial charge in [0.05, 0.1) is 5.41 Å². The molecule has 2 N–H and O–H groups in total. The molecule has 1 aromatic carbocycles. The molecule has 1 aliphatic carbocycles. The van der Waals surface area contributed by atoms with Crippen molar-refractivity contribution in [3.8, 4) is 0 Å². The summed E-state index contributed by atoms with van der Waals surface area (Å²) >= 11 is 0. The number of carbonyl (C=O) groups is 2. The number of nitrogens with zero attached hydrogens (tertiary/aromatic N) is 1. The first-order valence-corrected chi connectivity index (χ1v) is 9.35. The Balaban J connectivity index is 1.77. The van der Waals surface area contributed by atoms with Gasteiger partial charge in [0.15, 0.2) is 0 Å². The van der Waals surface area contributed by atoms with Crippen LogP contribution in [0.1, 0.15) is 56.9 Å². The van der Waals surface area contributed by atoms with Crippen LogP contribution in [0.4, 0.5) is 4.39 Å². The minimum Gasteiger partial charge on any atom is -0.370 e. The maximum absolute atomic E-state index is 13.4. The van der Waals surface area contributed by atoms with Crippen LogP contribution in [0.2, 0.25) is 0 Å². The fourth-order valence-corrected chi connectivity index (χ4v) is 4.48. The maximum atomic E-state index is 13.4. The van der Waals surface area contributed by atoms with Gasteiger partial charge in [-0.25, -0.2) is 4.39 Å². The van der Waals surface area contributed by atoms with Gasteiger partial charge in [-0.3, -0.25) is 9.59 Å². The first-order chi connectivity index (χ1) is 12.0. The van der Waals surface area contributed by atoms with E-state index >= 15 is 0 Å². The predicted molar refractivity (Wildman–Crippen MR) is 94.3 cm³/mol. The van der Waals surface area contributed by atoms with Gasteiger partial charge >= 0.3 is 0 Å². The number of hydrogen-bond acceptors (Lipinski definition) is 2. The fourth-order valence-electron chi connectivity index (χ4n) is 4.48. The molecule has 5 heteroatoms. The summed E-state index contributed by atoms with van der Waals surface area (Å²) in [5.74, 6) is -0.0692. The van der Waals surface area contributed by atoms with Crippen molar-refractivity contribution in [1.82, 2.24) is 4.90 Å². The first-order valence-electron chi connectivity index (χ1n) is 9.35. The Morgan fingerprint density at radius 2 is 1.68 bits per heavy atom. The molecule has 0 spiro atoms. The van der Waals surface area contributed by atoms with Crippen molar-refractivity contribution in [1.29, 1.82) is 0 Å². The van der Waals surface area contributed by atoms with Crippen LogP contribution in [0.25, 0.3) is 0 Å². The lowest BCUT2D eigenvalue weighted by Crippen LogP contribution is -2.50. The molecule has 4 nitrogen and oxygen atoms in total. The number of piperidine rings is 1. The van der Waals surface area contributed by atoms with Crippen LogP contribution in [0, 0.1) is 11.7 Å². The highest BCUT2D eigenvalue weighted by atomic mass is 19.1. The summed E-state index contributed by atoms with van der Waals surface area (Å²) in [6, 6.07) is 6.47. The molecule has 2 fully saturated rings. The monoisotopic (exact) mass is 346 g/mol. The molecule has 1 heterocycles. The highest BCUT2D eigenvalue weighted by Crippen LogP contribution is 2.41. The molecule has 136 valence electrons. The zero-order chi connectivity index (χ0) is 17.9. The molecule has 1 saturated carbocycles. The molecule has 0 atom stereocenters. The molecule has 0 unspecified atom stereocenters. The molecule has 2 amide bonds. The van der Waals surface area contributed by atoms with Crippen molar-refractivity contribution in [2.75, 3.05) is 13.1 Å².